The van der Waals surface area contributed by atoms with Gasteiger partial charge in [0.15, 0.2) is 0 Å². The van der Waals surface area contributed by atoms with Crippen LogP contribution >= 0.6 is 11.3 Å². The first-order chi connectivity index (χ1) is 8.86. The topological polar surface area (TPSA) is 37.8 Å². The van der Waals surface area contributed by atoms with Gasteiger partial charge in [-0.15, -0.1) is 21.5 Å². The van der Waals surface area contributed by atoms with Gasteiger partial charge in [-0.2, -0.15) is 0 Å². The summed E-state index contributed by atoms with van der Waals surface area (Å²) in [5.41, 5.74) is 0. The fourth-order valence-electron chi connectivity index (χ4n) is 1.86. The fraction of sp³-hybridized carbons (Fsp3) is 0.857. The maximum Gasteiger partial charge on any atom is 0.117 e. The molecule has 0 bridgehead atoms. The zero-order valence-electron chi connectivity index (χ0n) is 11.9. The Morgan fingerprint density at radius 1 is 0.833 bits per heavy atom. The van der Waals surface area contributed by atoms with Crippen molar-refractivity contribution in [1.29, 1.82) is 0 Å². The zero-order valence-corrected chi connectivity index (χ0v) is 12.7. The van der Waals surface area contributed by atoms with Crippen LogP contribution in [-0.4, -0.2) is 23.3 Å². The number of aromatic nitrogens is 2. The van der Waals surface area contributed by atoms with Gasteiger partial charge in [0.2, 0.25) is 0 Å². The van der Waals surface area contributed by atoms with Crippen molar-refractivity contribution in [3.8, 4) is 0 Å². The maximum atomic E-state index is 4.28. The molecule has 0 atom stereocenters. The van der Waals surface area contributed by atoms with Gasteiger partial charge in [-0.1, -0.05) is 33.1 Å². The molecule has 1 aromatic heterocycles. The van der Waals surface area contributed by atoms with Crippen molar-refractivity contribution in [1.82, 2.24) is 15.5 Å². The summed E-state index contributed by atoms with van der Waals surface area (Å²) in [6.45, 7) is 6.66. The van der Waals surface area contributed by atoms with Crippen molar-refractivity contribution in [3.63, 3.8) is 0 Å². The molecule has 0 radical (unpaired) electrons. The van der Waals surface area contributed by atoms with Gasteiger partial charge in [0.05, 0.1) is 0 Å². The van der Waals surface area contributed by atoms with Gasteiger partial charge in [0, 0.05) is 12.8 Å². The molecule has 0 fully saturated rings. The molecular formula is C14H27N3S. The normalized spacial score (nSPS) is 11.0. The molecule has 18 heavy (non-hydrogen) atoms. The molecule has 0 unspecified atom stereocenters. The van der Waals surface area contributed by atoms with Crippen LogP contribution in [-0.2, 0) is 12.8 Å². The minimum absolute atomic E-state index is 1.07. The molecule has 0 spiro atoms. The molecule has 0 aliphatic carbocycles. The SMILES string of the molecule is CCCCCCc1nnc(CCCNCCC)s1. The Morgan fingerprint density at radius 3 is 2.22 bits per heavy atom. The van der Waals surface area contributed by atoms with E-state index in [9.17, 15) is 0 Å². The molecule has 0 amide bonds. The van der Waals surface area contributed by atoms with Crippen molar-refractivity contribution in [2.45, 2.75) is 65.2 Å². The summed E-state index contributed by atoms with van der Waals surface area (Å²) in [6, 6.07) is 0. The highest BCUT2D eigenvalue weighted by molar-refractivity contribution is 7.11. The third-order valence-electron chi connectivity index (χ3n) is 2.92. The molecule has 104 valence electrons. The molecule has 0 aliphatic heterocycles. The monoisotopic (exact) mass is 269 g/mol. The lowest BCUT2D eigenvalue weighted by Gasteiger charge is -1.99. The highest BCUT2D eigenvalue weighted by atomic mass is 32.1. The van der Waals surface area contributed by atoms with Crippen LogP contribution in [0.1, 0.15) is 62.4 Å². The molecule has 1 rings (SSSR count). The predicted molar refractivity (Wildman–Crippen MR) is 79.2 cm³/mol. The molecule has 0 aromatic carbocycles. The van der Waals surface area contributed by atoms with E-state index >= 15 is 0 Å². The maximum absolute atomic E-state index is 4.28. The Balaban J connectivity index is 2.10. The van der Waals surface area contributed by atoms with E-state index in [2.05, 4.69) is 29.4 Å². The first kappa shape index (κ1) is 15.6. The van der Waals surface area contributed by atoms with Crippen LogP contribution in [0.15, 0.2) is 0 Å². The number of unbranched alkanes of at least 4 members (excludes halogenated alkanes) is 3. The highest BCUT2D eigenvalue weighted by Crippen LogP contribution is 2.14. The molecule has 4 heteroatoms. The second-order valence-corrected chi connectivity index (χ2v) is 5.90. The van der Waals surface area contributed by atoms with E-state index in [1.165, 1.54) is 48.5 Å². The summed E-state index contributed by atoms with van der Waals surface area (Å²) in [6.07, 6.45) is 9.80. The Labute approximate surface area is 115 Å². The van der Waals surface area contributed by atoms with E-state index in [0.29, 0.717) is 0 Å². The standard InChI is InChI=1S/C14H27N3S/c1-3-5-6-7-9-13-16-17-14(18-13)10-8-12-15-11-4-2/h15H,3-12H2,1-2H3. The number of hydrogen-bond acceptors (Lipinski definition) is 4. The first-order valence-electron chi connectivity index (χ1n) is 7.38. The second-order valence-electron chi connectivity index (χ2n) is 4.75. The molecule has 0 saturated carbocycles. The van der Waals surface area contributed by atoms with E-state index in [4.69, 9.17) is 0 Å². The van der Waals surface area contributed by atoms with Crippen molar-refractivity contribution >= 4 is 11.3 Å². The van der Waals surface area contributed by atoms with Gasteiger partial charge < -0.3 is 5.32 Å². The van der Waals surface area contributed by atoms with Crippen molar-refractivity contribution in [2.24, 2.45) is 0 Å². The van der Waals surface area contributed by atoms with Gasteiger partial charge in [-0.05, 0) is 32.4 Å². The second kappa shape index (κ2) is 10.4. The van der Waals surface area contributed by atoms with E-state index in [1.54, 1.807) is 11.3 Å². The number of rotatable bonds is 11. The van der Waals surface area contributed by atoms with Crippen LogP contribution in [0.2, 0.25) is 0 Å². The fourth-order valence-corrected chi connectivity index (χ4v) is 2.79. The third-order valence-corrected chi connectivity index (χ3v) is 3.97. The zero-order chi connectivity index (χ0) is 13.1. The van der Waals surface area contributed by atoms with Gasteiger partial charge in [-0.25, -0.2) is 0 Å². The third kappa shape index (κ3) is 7.07. The van der Waals surface area contributed by atoms with E-state index in [1.807, 2.05) is 0 Å². The smallest absolute Gasteiger partial charge is 0.117 e. The van der Waals surface area contributed by atoms with Crippen LogP contribution in [0.5, 0.6) is 0 Å². The van der Waals surface area contributed by atoms with Crippen LogP contribution in [0.4, 0.5) is 0 Å². The average molecular weight is 269 g/mol. The van der Waals surface area contributed by atoms with E-state index < -0.39 is 0 Å². The average Bonchev–Trinajstić information content (AvgIpc) is 2.82. The summed E-state index contributed by atoms with van der Waals surface area (Å²) in [5, 5.41) is 14.4. The summed E-state index contributed by atoms with van der Waals surface area (Å²) in [4.78, 5) is 0. The number of nitrogens with one attached hydrogen (secondary N) is 1. The molecule has 0 aliphatic rings. The highest BCUT2D eigenvalue weighted by Gasteiger charge is 2.03. The first-order valence-corrected chi connectivity index (χ1v) is 8.20. The summed E-state index contributed by atoms with van der Waals surface area (Å²) in [5.74, 6) is 0. The van der Waals surface area contributed by atoms with Crippen molar-refractivity contribution in [2.75, 3.05) is 13.1 Å². The molecule has 1 aromatic rings. The van der Waals surface area contributed by atoms with E-state index in [-0.39, 0.29) is 0 Å². The molecule has 3 nitrogen and oxygen atoms in total. The van der Waals surface area contributed by atoms with Gasteiger partial charge >= 0.3 is 0 Å². The minimum atomic E-state index is 1.07. The van der Waals surface area contributed by atoms with Crippen LogP contribution in [0, 0.1) is 0 Å². The van der Waals surface area contributed by atoms with Gasteiger partial charge in [-0.3, -0.25) is 0 Å². The largest absolute Gasteiger partial charge is 0.317 e. The minimum Gasteiger partial charge on any atom is -0.317 e. The Bertz CT molecular complexity index is 299. The lowest BCUT2D eigenvalue weighted by Crippen LogP contribution is -2.16. The number of nitrogens with zero attached hydrogens (tertiary/aromatic N) is 2. The summed E-state index contributed by atoms with van der Waals surface area (Å²) >= 11 is 1.80. The Hall–Kier alpha value is -0.480. The summed E-state index contributed by atoms with van der Waals surface area (Å²) < 4.78 is 0. The van der Waals surface area contributed by atoms with Crippen LogP contribution < -0.4 is 5.32 Å². The lowest BCUT2D eigenvalue weighted by atomic mass is 10.2. The van der Waals surface area contributed by atoms with Crippen LogP contribution in [0.25, 0.3) is 0 Å². The van der Waals surface area contributed by atoms with Gasteiger partial charge in [0.1, 0.15) is 10.0 Å². The number of hydrogen-bond donors (Lipinski definition) is 1. The van der Waals surface area contributed by atoms with E-state index in [0.717, 1.165) is 25.9 Å². The Morgan fingerprint density at radius 2 is 1.56 bits per heavy atom. The Kier molecular flexibility index (Phi) is 9.04. The summed E-state index contributed by atoms with van der Waals surface area (Å²) in [7, 11) is 0. The van der Waals surface area contributed by atoms with Crippen molar-refractivity contribution < 1.29 is 0 Å². The molecule has 0 saturated heterocycles. The van der Waals surface area contributed by atoms with Crippen LogP contribution in [0.3, 0.4) is 0 Å². The molecule has 1 N–H and O–H groups in total. The lowest BCUT2D eigenvalue weighted by molar-refractivity contribution is 0.637. The molecule has 1 heterocycles. The van der Waals surface area contributed by atoms with Gasteiger partial charge in [0.25, 0.3) is 0 Å². The quantitative estimate of drug-likeness (QED) is 0.624. The number of aryl methyl sites for hydroxylation is 2. The van der Waals surface area contributed by atoms with Crippen molar-refractivity contribution in [3.05, 3.63) is 10.0 Å². The molecular weight excluding hydrogens is 242 g/mol. The predicted octanol–water partition coefficient (Wildman–Crippen LogP) is 3.59.